The van der Waals surface area contributed by atoms with Crippen molar-refractivity contribution in [2.75, 3.05) is 26.3 Å². The van der Waals surface area contributed by atoms with Crippen LogP contribution in [0.15, 0.2) is 30.3 Å². The van der Waals surface area contributed by atoms with Gasteiger partial charge in [0.2, 0.25) is 0 Å². The van der Waals surface area contributed by atoms with Gasteiger partial charge in [0.1, 0.15) is 19.1 Å². The normalized spacial score (nSPS) is 21.7. The van der Waals surface area contributed by atoms with Crippen LogP contribution < -0.4 is 16.0 Å². The highest BCUT2D eigenvalue weighted by Gasteiger charge is 2.31. The van der Waals surface area contributed by atoms with Gasteiger partial charge in [-0.3, -0.25) is 24.0 Å². The van der Waals surface area contributed by atoms with Crippen LogP contribution in [0, 0.1) is 5.92 Å². The highest BCUT2D eigenvalue weighted by atomic mass is 16.6. The van der Waals surface area contributed by atoms with Crippen LogP contribution in [0.4, 0.5) is 0 Å². The average Bonchev–Trinajstić information content (AvgIpc) is 2.81. The Morgan fingerprint density at radius 1 is 0.853 bits per heavy atom. The molecule has 1 aliphatic rings. The first-order valence-corrected chi connectivity index (χ1v) is 10.5. The molecule has 2 unspecified atom stereocenters. The molecular weight excluding hydrogens is 450 g/mol. The Kier molecular flexibility index (Phi) is 9.99. The molecule has 34 heavy (non-hydrogen) atoms. The van der Waals surface area contributed by atoms with Crippen LogP contribution in [0.25, 0.3) is 0 Å². The average molecular weight is 477 g/mol. The van der Waals surface area contributed by atoms with E-state index in [0.717, 1.165) is 0 Å². The van der Waals surface area contributed by atoms with E-state index < -0.39 is 80.0 Å². The SMILES string of the molecule is CC(C)C1OC(=O)C(Cc2ccccc2)NC(=O)COC(=O)CNC(=O)COC(=O)CNC1=O. The van der Waals surface area contributed by atoms with Crippen molar-refractivity contribution in [3.05, 3.63) is 35.9 Å². The van der Waals surface area contributed by atoms with Crippen molar-refractivity contribution in [1.82, 2.24) is 16.0 Å². The zero-order valence-corrected chi connectivity index (χ0v) is 18.8. The molecule has 1 aromatic rings. The van der Waals surface area contributed by atoms with Crippen LogP contribution >= 0.6 is 0 Å². The lowest BCUT2D eigenvalue weighted by atomic mass is 10.0. The van der Waals surface area contributed by atoms with E-state index in [9.17, 15) is 28.8 Å². The maximum absolute atomic E-state index is 12.9. The minimum atomic E-state index is -1.27. The second-order valence-corrected chi connectivity index (χ2v) is 7.73. The second-order valence-electron chi connectivity index (χ2n) is 7.73. The van der Waals surface area contributed by atoms with Crippen LogP contribution in [-0.2, 0) is 49.4 Å². The number of carbonyl (C=O) groups excluding carboxylic acids is 6. The lowest BCUT2D eigenvalue weighted by molar-refractivity contribution is -0.162. The molecule has 0 aliphatic carbocycles. The third-order valence-corrected chi connectivity index (χ3v) is 4.57. The molecule has 3 N–H and O–H groups in total. The molecule has 1 heterocycles. The molecule has 12 heteroatoms. The van der Waals surface area contributed by atoms with Gasteiger partial charge in [-0.25, -0.2) is 4.79 Å². The third-order valence-electron chi connectivity index (χ3n) is 4.57. The van der Waals surface area contributed by atoms with Gasteiger partial charge in [-0.15, -0.1) is 0 Å². The summed E-state index contributed by atoms with van der Waals surface area (Å²) in [5.74, 6) is -5.47. The summed E-state index contributed by atoms with van der Waals surface area (Å²) in [6.07, 6.45) is -1.22. The number of carbonyl (C=O) groups is 6. The van der Waals surface area contributed by atoms with Gasteiger partial charge in [0.15, 0.2) is 19.3 Å². The van der Waals surface area contributed by atoms with Crippen molar-refractivity contribution in [2.24, 2.45) is 5.92 Å². The zero-order valence-electron chi connectivity index (χ0n) is 18.8. The van der Waals surface area contributed by atoms with Gasteiger partial charge in [0, 0.05) is 6.42 Å². The fraction of sp³-hybridized carbons (Fsp3) is 0.455. The van der Waals surface area contributed by atoms with Gasteiger partial charge in [-0.1, -0.05) is 44.2 Å². The molecule has 0 aromatic heterocycles. The molecular formula is C22H27N3O9. The van der Waals surface area contributed by atoms with Crippen LogP contribution in [0.5, 0.6) is 0 Å². The summed E-state index contributed by atoms with van der Waals surface area (Å²) in [5, 5.41) is 6.91. The highest BCUT2D eigenvalue weighted by Crippen LogP contribution is 2.11. The lowest BCUT2D eigenvalue weighted by Crippen LogP contribution is -2.49. The molecule has 1 saturated heterocycles. The Morgan fingerprint density at radius 2 is 1.44 bits per heavy atom. The lowest BCUT2D eigenvalue weighted by Gasteiger charge is -2.24. The van der Waals surface area contributed by atoms with Crippen molar-refractivity contribution < 1.29 is 43.0 Å². The molecule has 12 nitrogen and oxygen atoms in total. The van der Waals surface area contributed by atoms with Crippen LogP contribution in [0.1, 0.15) is 19.4 Å². The fourth-order valence-electron chi connectivity index (χ4n) is 2.85. The van der Waals surface area contributed by atoms with Gasteiger partial charge < -0.3 is 30.2 Å². The molecule has 1 fully saturated rings. The molecule has 0 bridgehead atoms. The van der Waals surface area contributed by atoms with E-state index in [1.54, 1.807) is 44.2 Å². The van der Waals surface area contributed by atoms with Crippen molar-refractivity contribution in [1.29, 1.82) is 0 Å². The van der Waals surface area contributed by atoms with Crippen LogP contribution in [0.2, 0.25) is 0 Å². The van der Waals surface area contributed by atoms with Crippen LogP contribution in [0.3, 0.4) is 0 Å². The third kappa shape index (κ3) is 8.88. The Bertz CT molecular complexity index is 917. The van der Waals surface area contributed by atoms with Crippen molar-refractivity contribution in [3.63, 3.8) is 0 Å². The Balaban J connectivity index is 2.22. The van der Waals surface area contributed by atoms with Gasteiger partial charge in [-0.05, 0) is 11.5 Å². The second kappa shape index (κ2) is 12.9. The number of hydrogen-bond donors (Lipinski definition) is 3. The zero-order chi connectivity index (χ0) is 25.1. The van der Waals surface area contributed by atoms with Gasteiger partial charge in [0.25, 0.3) is 17.7 Å². The quantitative estimate of drug-likeness (QED) is 0.351. The van der Waals surface area contributed by atoms with E-state index in [1.165, 1.54) is 0 Å². The van der Waals surface area contributed by atoms with Crippen molar-refractivity contribution >= 4 is 35.6 Å². The molecule has 2 rings (SSSR count). The van der Waals surface area contributed by atoms with E-state index in [2.05, 4.69) is 16.0 Å². The fourth-order valence-corrected chi connectivity index (χ4v) is 2.85. The van der Waals surface area contributed by atoms with E-state index in [0.29, 0.717) is 5.56 Å². The van der Waals surface area contributed by atoms with Gasteiger partial charge >= 0.3 is 17.9 Å². The van der Waals surface area contributed by atoms with Crippen molar-refractivity contribution in [3.8, 4) is 0 Å². The molecule has 0 saturated carbocycles. The van der Waals surface area contributed by atoms with E-state index in [4.69, 9.17) is 14.2 Å². The predicted molar refractivity (Wildman–Crippen MR) is 115 cm³/mol. The van der Waals surface area contributed by atoms with Gasteiger partial charge in [-0.2, -0.15) is 0 Å². The number of benzene rings is 1. The number of amides is 3. The Labute approximate surface area is 195 Å². The summed E-state index contributed by atoms with van der Waals surface area (Å²) in [4.78, 5) is 73.0. The summed E-state index contributed by atoms with van der Waals surface area (Å²) < 4.78 is 14.9. The summed E-state index contributed by atoms with van der Waals surface area (Å²) in [6.45, 7) is 0.737. The highest BCUT2D eigenvalue weighted by molar-refractivity contribution is 5.91. The molecule has 3 amide bonds. The first kappa shape index (κ1) is 26.3. The van der Waals surface area contributed by atoms with Crippen molar-refractivity contribution in [2.45, 2.75) is 32.4 Å². The minimum absolute atomic E-state index is 0.0498. The predicted octanol–water partition coefficient (Wildman–Crippen LogP) is -1.39. The number of hydrogen-bond acceptors (Lipinski definition) is 9. The molecule has 1 aliphatic heterocycles. The topological polar surface area (TPSA) is 166 Å². The maximum atomic E-state index is 12.9. The number of esters is 3. The minimum Gasteiger partial charge on any atom is -0.454 e. The standard InChI is InChI=1S/C22H27N3O9/c1-13(2)20-21(30)24-10-19(29)32-11-16(26)23-9-18(28)33-12-17(27)25-15(22(31)34-20)8-14-6-4-3-5-7-14/h3-7,13,15,20H,8-12H2,1-2H3,(H,23,26)(H,24,30)(H,25,27). The first-order chi connectivity index (χ1) is 16.2. The van der Waals surface area contributed by atoms with E-state index in [1.807, 2.05) is 0 Å². The molecule has 2 atom stereocenters. The summed E-state index contributed by atoms with van der Waals surface area (Å²) >= 11 is 0. The molecule has 184 valence electrons. The molecule has 0 spiro atoms. The smallest absolute Gasteiger partial charge is 0.329 e. The number of ether oxygens (including phenoxy) is 3. The largest absolute Gasteiger partial charge is 0.454 e. The van der Waals surface area contributed by atoms with E-state index >= 15 is 0 Å². The Hall–Kier alpha value is -3.96. The first-order valence-electron chi connectivity index (χ1n) is 10.5. The number of cyclic esters (lactones) is 3. The summed E-state index contributed by atoms with van der Waals surface area (Å²) in [7, 11) is 0. The van der Waals surface area contributed by atoms with E-state index in [-0.39, 0.29) is 6.42 Å². The van der Waals surface area contributed by atoms with Gasteiger partial charge in [0.05, 0.1) is 0 Å². The summed E-state index contributed by atoms with van der Waals surface area (Å²) in [5.41, 5.74) is 0.708. The Morgan fingerprint density at radius 3 is 2.06 bits per heavy atom. The number of nitrogens with one attached hydrogen (secondary N) is 3. The number of rotatable bonds is 3. The maximum Gasteiger partial charge on any atom is 0.329 e. The summed E-state index contributed by atoms with van der Waals surface area (Å²) in [6, 6.07) is 7.59. The monoisotopic (exact) mass is 477 g/mol. The molecule has 0 radical (unpaired) electrons. The molecule has 1 aromatic carbocycles. The van der Waals surface area contributed by atoms with Crippen LogP contribution in [-0.4, -0.2) is 74.1 Å².